The van der Waals surface area contributed by atoms with E-state index in [0.29, 0.717) is 0 Å². The van der Waals surface area contributed by atoms with E-state index in [1.807, 2.05) is 11.3 Å². The Morgan fingerprint density at radius 3 is 1.54 bits per heavy atom. The van der Waals surface area contributed by atoms with Crippen molar-refractivity contribution in [2.24, 2.45) is 0 Å². The van der Waals surface area contributed by atoms with Crippen LogP contribution in [0.5, 0.6) is 0 Å². The van der Waals surface area contributed by atoms with Crippen molar-refractivity contribution in [3.8, 4) is 44.8 Å². The SMILES string of the molecule is c1ccc(-c2cccc(-n3c4ccccc4c4cc(-c5ccc6c(c5)c5ccccc5n6-c5ccc(-c6ccccc6)c6c5sc5ccccc56)ccc43)c2)cc1. The normalized spacial score (nSPS) is 11.9. The molecule has 12 rings (SSSR count). The van der Waals surface area contributed by atoms with E-state index in [1.165, 1.54) is 103 Å². The second kappa shape index (κ2) is 12.7. The summed E-state index contributed by atoms with van der Waals surface area (Å²) < 4.78 is 7.51. The van der Waals surface area contributed by atoms with Crippen LogP contribution in [0.25, 0.3) is 109 Å². The third-order valence-electron chi connectivity index (χ3n) is 11.7. The van der Waals surface area contributed by atoms with E-state index in [2.05, 4.69) is 215 Å². The summed E-state index contributed by atoms with van der Waals surface area (Å²) in [7, 11) is 0. The van der Waals surface area contributed by atoms with Gasteiger partial charge in [0.05, 0.1) is 32.5 Å². The van der Waals surface area contributed by atoms with Gasteiger partial charge >= 0.3 is 0 Å². The van der Waals surface area contributed by atoms with Gasteiger partial charge in [0.15, 0.2) is 0 Å². The first-order chi connectivity index (χ1) is 28.3. The Kier molecular flexibility index (Phi) is 7.13. The van der Waals surface area contributed by atoms with E-state index in [-0.39, 0.29) is 0 Å². The van der Waals surface area contributed by atoms with Gasteiger partial charge in [-0.1, -0.05) is 146 Å². The zero-order valence-corrected chi connectivity index (χ0v) is 31.7. The quantitative estimate of drug-likeness (QED) is 0.166. The molecule has 0 atom stereocenters. The summed E-state index contributed by atoms with van der Waals surface area (Å²) >= 11 is 1.89. The lowest BCUT2D eigenvalue weighted by Crippen LogP contribution is -1.95. The molecule has 0 fully saturated rings. The number of nitrogens with zero attached hydrogens (tertiary/aromatic N) is 2. The van der Waals surface area contributed by atoms with Crippen LogP contribution in [0.3, 0.4) is 0 Å². The first-order valence-corrected chi connectivity index (χ1v) is 20.3. The largest absolute Gasteiger partial charge is 0.309 e. The molecule has 266 valence electrons. The maximum atomic E-state index is 2.49. The Balaban J connectivity index is 1.04. The van der Waals surface area contributed by atoms with Gasteiger partial charge in [-0.25, -0.2) is 0 Å². The van der Waals surface area contributed by atoms with Crippen LogP contribution in [0.1, 0.15) is 0 Å². The molecule has 0 unspecified atom stereocenters. The minimum Gasteiger partial charge on any atom is -0.309 e. The molecule has 0 amide bonds. The van der Waals surface area contributed by atoms with Gasteiger partial charge in [-0.2, -0.15) is 0 Å². The highest BCUT2D eigenvalue weighted by Gasteiger charge is 2.20. The van der Waals surface area contributed by atoms with Crippen LogP contribution in [-0.2, 0) is 0 Å². The topological polar surface area (TPSA) is 9.86 Å². The Bertz CT molecular complexity index is 3510. The zero-order valence-electron chi connectivity index (χ0n) is 30.9. The van der Waals surface area contributed by atoms with Gasteiger partial charge in [0, 0.05) is 42.7 Å². The van der Waals surface area contributed by atoms with Crippen LogP contribution in [0, 0.1) is 0 Å². The minimum absolute atomic E-state index is 1.16. The molecule has 57 heavy (non-hydrogen) atoms. The average molecular weight is 743 g/mol. The van der Waals surface area contributed by atoms with Crippen LogP contribution in [-0.4, -0.2) is 9.13 Å². The molecule has 0 saturated carbocycles. The van der Waals surface area contributed by atoms with Crippen molar-refractivity contribution in [3.05, 3.63) is 206 Å². The fourth-order valence-electron chi connectivity index (χ4n) is 9.15. The molecule has 12 aromatic rings. The van der Waals surface area contributed by atoms with E-state index in [4.69, 9.17) is 0 Å². The monoisotopic (exact) mass is 742 g/mol. The molecule has 3 heterocycles. The standard InChI is InChI=1S/C54H34N2S/c1-3-14-35(15-4-1)37-18-13-19-40(32-37)55-47-23-10-7-20-42(47)45-33-38(26-29-49(45)55)39-27-30-50-46(34-39)43-21-8-11-24-48(43)56(50)51-31-28-41(36-16-5-2-6-17-36)53-44-22-9-12-25-52(44)57-54(51)53/h1-34H. The van der Waals surface area contributed by atoms with Crippen molar-refractivity contribution in [1.82, 2.24) is 9.13 Å². The molecule has 0 aliphatic heterocycles. The molecule has 0 N–H and O–H groups in total. The van der Waals surface area contributed by atoms with Crippen molar-refractivity contribution in [3.63, 3.8) is 0 Å². The lowest BCUT2D eigenvalue weighted by Gasteiger charge is -2.13. The molecule has 0 radical (unpaired) electrons. The third-order valence-corrected chi connectivity index (χ3v) is 12.9. The summed E-state index contributed by atoms with van der Waals surface area (Å²) in [5.41, 5.74) is 14.6. The predicted molar refractivity (Wildman–Crippen MR) is 244 cm³/mol. The number of hydrogen-bond donors (Lipinski definition) is 0. The highest BCUT2D eigenvalue weighted by molar-refractivity contribution is 7.26. The second-order valence-electron chi connectivity index (χ2n) is 14.9. The second-order valence-corrected chi connectivity index (χ2v) is 15.9. The average Bonchev–Trinajstić information content (AvgIpc) is 3.95. The Hall–Kier alpha value is -7.20. The highest BCUT2D eigenvalue weighted by Crippen LogP contribution is 2.45. The first-order valence-electron chi connectivity index (χ1n) is 19.5. The summed E-state index contributed by atoms with van der Waals surface area (Å²) in [6, 6.07) is 75.5. The van der Waals surface area contributed by atoms with Gasteiger partial charge in [-0.05, 0) is 94.0 Å². The smallest absolute Gasteiger partial charge is 0.0641 e. The molecule has 2 nitrogen and oxygen atoms in total. The summed E-state index contributed by atoms with van der Waals surface area (Å²) in [4.78, 5) is 0. The van der Waals surface area contributed by atoms with E-state index >= 15 is 0 Å². The highest BCUT2D eigenvalue weighted by atomic mass is 32.1. The van der Waals surface area contributed by atoms with Crippen molar-refractivity contribution >= 4 is 75.1 Å². The molecular formula is C54H34N2S. The van der Waals surface area contributed by atoms with E-state index in [0.717, 1.165) is 5.69 Å². The number of aromatic nitrogens is 2. The molecule has 9 aromatic carbocycles. The van der Waals surface area contributed by atoms with E-state index < -0.39 is 0 Å². The molecular weight excluding hydrogens is 709 g/mol. The van der Waals surface area contributed by atoms with Crippen LogP contribution in [0.2, 0.25) is 0 Å². The van der Waals surface area contributed by atoms with Crippen LogP contribution >= 0.6 is 11.3 Å². The fraction of sp³-hybridized carbons (Fsp3) is 0. The Morgan fingerprint density at radius 2 is 0.842 bits per heavy atom. The first kappa shape index (κ1) is 32.1. The number of fused-ring (bicyclic) bond motifs is 9. The Labute approximate surface area is 333 Å². The number of hydrogen-bond acceptors (Lipinski definition) is 1. The van der Waals surface area contributed by atoms with Gasteiger partial charge < -0.3 is 9.13 Å². The molecule has 0 bridgehead atoms. The lowest BCUT2D eigenvalue weighted by atomic mass is 9.98. The number of benzene rings is 9. The molecule has 0 aliphatic rings. The van der Waals surface area contributed by atoms with Crippen LogP contribution < -0.4 is 0 Å². The van der Waals surface area contributed by atoms with E-state index in [9.17, 15) is 0 Å². The number of rotatable bonds is 5. The number of thiophene rings is 1. The van der Waals surface area contributed by atoms with Gasteiger partial charge in [-0.15, -0.1) is 11.3 Å². The maximum absolute atomic E-state index is 2.49. The molecule has 3 aromatic heterocycles. The zero-order chi connectivity index (χ0) is 37.5. The summed E-state index contributed by atoms with van der Waals surface area (Å²) in [6.45, 7) is 0. The Morgan fingerprint density at radius 1 is 0.316 bits per heavy atom. The molecule has 0 spiro atoms. The third kappa shape index (κ3) is 4.96. The number of para-hydroxylation sites is 2. The maximum Gasteiger partial charge on any atom is 0.0641 e. The van der Waals surface area contributed by atoms with Gasteiger partial charge in [0.25, 0.3) is 0 Å². The summed E-state index contributed by atoms with van der Waals surface area (Å²) in [5.74, 6) is 0. The van der Waals surface area contributed by atoms with Crippen LogP contribution in [0.15, 0.2) is 206 Å². The molecule has 0 aliphatic carbocycles. The van der Waals surface area contributed by atoms with Gasteiger partial charge in [0.1, 0.15) is 0 Å². The van der Waals surface area contributed by atoms with E-state index in [1.54, 1.807) is 0 Å². The molecule has 3 heteroatoms. The summed E-state index contributed by atoms with van der Waals surface area (Å²) in [6.07, 6.45) is 0. The minimum atomic E-state index is 1.16. The van der Waals surface area contributed by atoms with Crippen molar-refractivity contribution < 1.29 is 0 Å². The summed E-state index contributed by atoms with van der Waals surface area (Å²) in [5, 5.41) is 7.64. The molecule has 0 saturated heterocycles. The van der Waals surface area contributed by atoms with Crippen molar-refractivity contribution in [1.29, 1.82) is 0 Å². The van der Waals surface area contributed by atoms with Gasteiger partial charge in [0.2, 0.25) is 0 Å². The van der Waals surface area contributed by atoms with Crippen molar-refractivity contribution in [2.75, 3.05) is 0 Å². The van der Waals surface area contributed by atoms with Crippen molar-refractivity contribution in [2.45, 2.75) is 0 Å². The van der Waals surface area contributed by atoms with Crippen LogP contribution in [0.4, 0.5) is 0 Å². The lowest BCUT2D eigenvalue weighted by molar-refractivity contribution is 1.18. The predicted octanol–water partition coefficient (Wildman–Crippen LogP) is 15.2. The van der Waals surface area contributed by atoms with Gasteiger partial charge in [-0.3, -0.25) is 0 Å². The fourth-order valence-corrected chi connectivity index (χ4v) is 10.4.